The Labute approximate surface area is 190 Å². The van der Waals surface area contributed by atoms with E-state index in [9.17, 15) is 9.59 Å². The second kappa shape index (κ2) is 9.16. The maximum atomic E-state index is 13.1. The average molecular weight is 453 g/mol. The van der Waals surface area contributed by atoms with E-state index in [1.54, 1.807) is 23.2 Å². The van der Waals surface area contributed by atoms with Crippen LogP contribution < -0.4 is 10.1 Å². The topological polar surface area (TPSA) is 130 Å². The summed E-state index contributed by atoms with van der Waals surface area (Å²) >= 11 is 0. The number of ether oxygens (including phenoxy) is 2. The largest absolute Gasteiger partial charge is 0.480 e. The average Bonchev–Trinajstić information content (AvgIpc) is 3.38. The van der Waals surface area contributed by atoms with E-state index in [-0.39, 0.29) is 25.1 Å². The minimum atomic E-state index is -1.10. The molecule has 0 unspecified atom stereocenters. The van der Waals surface area contributed by atoms with Crippen molar-refractivity contribution in [3.05, 3.63) is 36.5 Å². The van der Waals surface area contributed by atoms with Gasteiger partial charge >= 0.3 is 5.97 Å². The number of carboxylic acid groups (broad SMARTS) is 1. The van der Waals surface area contributed by atoms with Crippen LogP contribution in [0.25, 0.3) is 22.2 Å². The van der Waals surface area contributed by atoms with Crippen molar-refractivity contribution in [2.45, 2.75) is 32.0 Å². The Hall–Kier alpha value is -3.50. The van der Waals surface area contributed by atoms with Gasteiger partial charge in [0.05, 0.1) is 18.2 Å². The van der Waals surface area contributed by atoms with Crippen molar-refractivity contribution in [1.82, 2.24) is 20.1 Å². The molecule has 1 aliphatic heterocycles. The summed E-state index contributed by atoms with van der Waals surface area (Å²) < 4.78 is 11.2. The molecule has 0 bridgehead atoms. The van der Waals surface area contributed by atoms with Crippen LogP contribution in [0.3, 0.4) is 0 Å². The zero-order valence-corrected chi connectivity index (χ0v) is 18.8. The molecule has 1 fully saturated rings. The fourth-order valence-electron chi connectivity index (χ4n) is 4.02. The summed E-state index contributed by atoms with van der Waals surface area (Å²) in [5.41, 5.74) is 1.84. The summed E-state index contributed by atoms with van der Waals surface area (Å²) in [6.45, 7) is 4.45. The number of pyridine rings is 1. The number of fused-ring (bicyclic) bond motifs is 1. The minimum Gasteiger partial charge on any atom is -0.480 e. The van der Waals surface area contributed by atoms with Crippen LogP contribution in [0, 0.1) is 0 Å². The van der Waals surface area contributed by atoms with Gasteiger partial charge in [-0.2, -0.15) is 5.10 Å². The van der Waals surface area contributed by atoms with Crippen LogP contribution in [-0.4, -0.2) is 75.5 Å². The van der Waals surface area contributed by atoms with E-state index in [1.165, 1.54) is 7.11 Å². The number of benzene rings is 1. The molecule has 1 aromatic carbocycles. The molecular weight excluding hydrogens is 426 g/mol. The van der Waals surface area contributed by atoms with Crippen molar-refractivity contribution >= 4 is 28.5 Å². The number of rotatable bonds is 8. The summed E-state index contributed by atoms with van der Waals surface area (Å²) in [7, 11) is 1.47. The number of amides is 1. The van der Waals surface area contributed by atoms with Crippen molar-refractivity contribution in [3.8, 4) is 17.1 Å². The fraction of sp³-hybridized carbons (Fsp3) is 0.391. The number of aromatic nitrogens is 3. The lowest BCUT2D eigenvalue weighted by Crippen LogP contribution is -2.47. The smallest absolute Gasteiger partial charge is 0.317 e. The molecule has 4 rings (SSSR count). The van der Waals surface area contributed by atoms with Gasteiger partial charge in [-0.3, -0.25) is 19.6 Å². The first-order valence-corrected chi connectivity index (χ1v) is 10.7. The van der Waals surface area contributed by atoms with Crippen LogP contribution in [0.1, 0.15) is 20.3 Å². The number of hydrogen-bond donors (Lipinski definition) is 3. The van der Waals surface area contributed by atoms with Crippen LogP contribution in [0.5, 0.6) is 5.88 Å². The highest BCUT2D eigenvalue weighted by molar-refractivity contribution is 6.01. The van der Waals surface area contributed by atoms with Crippen molar-refractivity contribution in [1.29, 1.82) is 0 Å². The quantitative estimate of drug-likeness (QED) is 0.474. The number of anilines is 1. The number of likely N-dealkylation sites (tertiary alicyclic amines) is 1. The Morgan fingerprint density at radius 1 is 1.30 bits per heavy atom. The van der Waals surface area contributed by atoms with Gasteiger partial charge < -0.3 is 19.9 Å². The maximum absolute atomic E-state index is 13.1. The molecular formula is C23H27N5O5. The molecule has 3 heterocycles. The van der Waals surface area contributed by atoms with E-state index in [0.29, 0.717) is 30.2 Å². The van der Waals surface area contributed by atoms with Crippen LogP contribution in [-0.2, 0) is 14.3 Å². The first kappa shape index (κ1) is 22.7. The van der Waals surface area contributed by atoms with Crippen LogP contribution >= 0.6 is 0 Å². The monoisotopic (exact) mass is 453 g/mol. The molecule has 3 aromatic rings. The van der Waals surface area contributed by atoms with E-state index in [1.807, 2.05) is 32.0 Å². The molecule has 0 radical (unpaired) electrons. The molecule has 0 spiro atoms. The summed E-state index contributed by atoms with van der Waals surface area (Å²) in [6, 6.07) is 9.16. The Morgan fingerprint density at radius 2 is 2.12 bits per heavy atom. The standard InChI is InChI=1S/C23H27N5O5/c1-14(2)33-19-7-4-15(11-24-19)21-17-10-16(5-6-18(17)26-27-21)25-22(31)23(32-3)8-9-28(13-23)12-20(29)30/h4-7,10-11,14H,8-9,12-13H2,1-3H3,(H,25,31)(H,26,27)(H,29,30)/t23-/m0/s1. The number of aromatic amines is 1. The Morgan fingerprint density at radius 3 is 2.79 bits per heavy atom. The third-order valence-corrected chi connectivity index (χ3v) is 5.66. The summed E-state index contributed by atoms with van der Waals surface area (Å²) in [6.07, 6.45) is 2.15. The van der Waals surface area contributed by atoms with Gasteiger partial charge in [-0.1, -0.05) is 0 Å². The highest BCUT2D eigenvalue weighted by Gasteiger charge is 2.45. The van der Waals surface area contributed by atoms with E-state index in [4.69, 9.17) is 14.6 Å². The lowest BCUT2D eigenvalue weighted by atomic mass is 10.0. The number of carboxylic acids is 1. The number of carbonyl (C=O) groups is 2. The van der Waals surface area contributed by atoms with Crippen molar-refractivity contribution in [2.24, 2.45) is 0 Å². The van der Waals surface area contributed by atoms with Gasteiger partial charge in [0, 0.05) is 49.1 Å². The lowest BCUT2D eigenvalue weighted by Gasteiger charge is -2.26. The molecule has 1 amide bonds. The molecule has 2 aromatic heterocycles. The second-order valence-electron chi connectivity index (χ2n) is 8.39. The number of nitrogens with one attached hydrogen (secondary N) is 2. The maximum Gasteiger partial charge on any atom is 0.317 e. The first-order chi connectivity index (χ1) is 15.8. The summed E-state index contributed by atoms with van der Waals surface area (Å²) in [4.78, 5) is 30.2. The number of carbonyl (C=O) groups excluding carboxylic acids is 1. The van der Waals surface area contributed by atoms with E-state index in [2.05, 4.69) is 20.5 Å². The molecule has 3 N–H and O–H groups in total. The normalized spacial score (nSPS) is 18.7. The number of nitrogens with zero attached hydrogens (tertiary/aromatic N) is 3. The van der Waals surface area contributed by atoms with Gasteiger partial charge in [-0.25, -0.2) is 4.98 Å². The highest BCUT2D eigenvalue weighted by atomic mass is 16.5. The second-order valence-corrected chi connectivity index (χ2v) is 8.39. The third-order valence-electron chi connectivity index (χ3n) is 5.66. The van der Waals surface area contributed by atoms with Crippen LogP contribution in [0.15, 0.2) is 36.5 Å². The Bertz CT molecular complexity index is 1160. The van der Waals surface area contributed by atoms with Crippen LogP contribution in [0.2, 0.25) is 0 Å². The van der Waals surface area contributed by atoms with E-state index < -0.39 is 11.6 Å². The molecule has 1 aliphatic rings. The number of hydrogen-bond acceptors (Lipinski definition) is 7. The predicted molar refractivity (Wildman–Crippen MR) is 122 cm³/mol. The van der Waals surface area contributed by atoms with Crippen molar-refractivity contribution in [2.75, 3.05) is 32.1 Å². The number of methoxy groups -OCH3 is 1. The molecule has 174 valence electrons. The molecule has 1 saturated heterocycles. The fourth-order valence-corrected chi connectivity index (χ4v) is 4.02. The summed E-state index contributed by atoms with van der Waals surface area (Å²) in [5.74, 6) is -0.697. The van der Waals surface area contributed by atoms with Crippen molar-refractivity contribution < 1.29 is 24.2 Å². The van der Waals surface area contributed by atoms with E-state index in [0.717, 1.165) is 16.5 Å². The van der Waals surface area contributed by atoms with Gasteiger partial charge in [0.15, 0.2) is 5.60 Å². The van der Waals surface area contributed by atoms with Crippen LogP contribution in [0.4, 0.5) is 5.69 Å². The van der Waals surface area contributed by atoms with Gasteiger partial charge in [0.25, 0.3) is 5.91 Å². The van der Waals surface area contributed by atoms with Gasteiger partial charge in [-0.05, 0) is 44.5 Å². The lowest BCUT2D eigenvalue weighted by molar-refractivity contribution is -0.140. The van der Waals surface area contributed by atoms with Gasteiger partial charge in [-0.15, -0.1) is 0 Å². The number of H-pyrrole nitrogens is 1. The Balaban J connectivity index is 1.55. The molecule has 10 nitrogen and oxygen atoms in total. The Kier molecular flexibility index (Phi) is 6.30. The zero-order chi connectivity index (χ0) is 23.6. The molecule has 33 heavy (non-hydrogen) atoms. The molecule has 10 heteroatoms. The third kappa shape index (κ3) is 4.81. The minimum absolute atomic E-state index is 0.0344. The summed E-state index contributed by atoms with van der Waals surface area (Å²) in [5, 5.41) is 20.2. The number of aliphatic carboxylic acids is 1. The van der Waals surface area contributed by atoms with Gasteiger partial charge in [0.1, 0.15) is 5.69 Å². The van der Waals surface area contributed by atoms with Gasteiger partial charge in [0.2, 0.25) is 5.88 Å². The first-order valence-electron chi connectivity index (χ1n) is 10.7. The molecule has 1 atom stereocenters. The predicted octanol–water partition coefficient (Wildman–Crippen LogP) is 2.53. The van der Waals surface area contributed by atoms with Crippen molar-refractivity contribution in [3.63, 3.8) is 0 Å². The molecule has 0 aliphatic carbocycles. The molecule has 0 saturated carbocycles. The van der Waals surface area contributed by atoms with E-state index >= 15 is 0 Å². The highest BCUT2D eigenvalue weighted by Crippen LogP contribution is 2.31. The SMILES string of the molecule is CO[C@@]1(C(=O)Nc2ccc3[nH]nc(-c4ccc(OC(C)C)nc4)c3c2)CCN(CC(=O)O)C1. The zero-order valence-electron chi connectivity index (χ0n) is 18.8.